The van der Waals surface area contributed by atoms with Crippen LogP contribution in [0, 0.1) is 0 Å². The lowest BCUT2D eigenvalue weighted by Gasteiger charge is -2.36. The maximum absolute atomic E-state index is 12.5. The van der Waals surface area contributed by atoms with E-state index < -0.39 is 11.6 Å². The monoisotopic (exact) mass is 269 g/mol. The zero-order chi connectivity index (χ0) is 13.9. The van der Waals surface area contributed by atoms with Crippen LogP contribution in [0.1, 0.15) is 32.6 Å². The number of carbonyl (C=O) groups is 2. The lowest BCUT2D eigenvalue weighted by molar-refractivity contribution is -0.137. The molecular formula is C13H23N3O3. The fourth-order valence-corrected chi connectivity index (χ4v) is 2.88. The van der Waals surface area contributed by atoms with E-state index in [-0.39, 0.29) is 11.9 Å². The van der Waals surface area contributed by atoms with E-state index in [4.69, 9.17) is 0 Å². The maximum atomic E-state index is 12.5. The van der Waals surface area contributed by atoms with E-state index in [0.29, 0.717) is 13.1 Å². The van der Waals surface area contributed by atoms with Gasteiger partial charge in [-0.1, -0.05) is 0 Å². The molecule has 2 amide bonds. The van der Waals surface area contributed by atoms with E-state index >= 15 is 0 Å². The Labute approximate surface area is 113 Å². The van der Waals surface area contributed by atoms with Crippen molar-refractivity contribution in [1.82, 2.24) is 15.5 Å². The SMILES string of the molecule is COC(=O)NC1CCN(C(=O)C2(C)CCCCN2)C1. The molecule has 2 rings (SSSR count). The molecule has 0 bridgehead atoms. The number of alkyl carbamates (subject to hydrolysis) is 1. The van der Waals surface area contributed by atoms with E-state index in [2.05, 4.69) is 15.4 Å². The first-order chi connectivity index (χ1) is 9.05. The number of nitrogens with one attached hydrogen (secondary N) is 2. The predicted molar refractivity (Wildman–Crippen MR) is 70.8 cm³/mol. The summed E-state index contributed by atoms with van der Waals surface area (Å²) in [5.74, 6) is 0.154. The second-order valence-electron chi connectivity index (χ2n) is 5.59. The highest BCUT2D eigenvalue weighted by Gasteiger charge is 2.40. The van der Waals surface area contributed by atoms with Crippen molar-refractivity contribution < 1.29 is 14.3 Å². The molecular weight excluding hydrogens is 246 g/mol. The molecule has 0 radical (unpaired) electrons. The maximum Gasteiger partial charge on any atom is 0.407 e. The number of likely N-dealkylation sites (tertiary alicyclic amines) is 1. The Morgan fingerprint density at radius 1 is 1.42 bits per heavy atom. The molecule has 0 aromatic heterocycles. The average molecular weight is 269 g/mol. The molecule has 0 aliphatic carbocycles. The Bertz CT molecular complexity index is 353. The van der Waals surface area contributed by atoms with Crippen LogP contribution in [0.2, 0.25) is 0 Å². The molecule has 2 aliphatic heterocycles. The molecule has 2 N–H and O–H groups in total. The molecule has 0 spiro atoms. The van der Waals surface area contributed by atoms with Crippen molar-refractivity contribution in [3.63, 3.8) is 0 Å². The van der Waals surface area contributed by atoms with Crippen molar-refractivity contribution in [1.29, 1.82) is 0 Å². The second-order valence-corrected chi connectivity index (χ2v) is 5.59. The van der Waals surface area contributed by atoms with Crippen molar-refractivity contribution in [3.8, 4) is 0 Å². The van der Waals surface area contributed by atoms with Crippen LogP contribution in [0.5, 0.6) is 0 Å². The van der Waals surface area contributed by atoms with Crippen LogP contribution in [-0.2, 0) is 9.53 Å². The first-order valence-corrected chi connectivity index (χ1v) is 6.94. The molecule has 6 heteroatoms. The highest BCUT2D eigenvalue weighted by molar-refractivity contribution is 5.86. The van der Waals surface area contributed by atoms with Gasteiger partial charge in [0.2, 0.25) is 5.91 Å². The van der Waals surface area contributed by atoms with Crippen LogP contribution in [0.4, 0.5) is 4.79 Å². The highest BCUT2D eigenvalue weighted by Crippen LogP contribution is 2.23. The molecule has 6 nitrogen and oxygen atoms in total. The first-order valence-electron chi connectivity index (χ1n) is 6.94. The molecule has 2 fully saturated rings. The quantitative estimate of drug-likeness (QED) is 0.765. The van der Waals surface area contributed by atoms with Gasteiger partial charge < -0.3 is 20.3 Å². The predicted octanol–water partition coefficient (Wildman–Crippen LogP) is 0.475. The fraction of sp³-hybridized carbons (Fsp3) is 0.846. The Kier molecular flexibility index (Phi) is 4.29. The van der Waals surface area contributed by atoms with Gasteiger partial charge >= 0.3 is 6.09 Å². The summed E-state index contributed by atoms with van der Waals surface area (Å²) in [5, 5.41) is 6.09. The number of rotatable bonds is 2. The van der Waals surface area contributed by atoms with Crippen LogP contribution in [-0.4, -0.2) is 55.2 Å². The van der Waals surface area contributed by atoms with Gasteiger partial charge in [-0.05, 0) is 39.2 Å². The summed E-state index contributed by atoms with van der Waals surface area (Å²) in [6.07, 6.45) is 3.47. The summed E-state index contributed by atoms with van der Waals surface area (Å²) in [6, 6.07) is 0.00332. The number of nitrogens with zero attached hydrogens (tertiary/aromatic N) is 1. The third-order valence-corrected chi connectivity index (χ3v) is 4.07. The number of amides is 2. The van der Waals surface area contributed by atoms with Crippen molar-refractivity contribution in [2.45, 2.75) is 44.2 Å². The van der Waals surface area contributed by atoms with E-state index in [0.717, 1.165) is 32.2 Å². The Hall–Kier alpha value is -1.30. The number of ether oxygens (including phenoxy) is 1. The van der Waals surface area contributed by atoms with Gasteiger partial charge in [-0.15, -0.1) is 0 Å². The molecule has 2 aliphatic rings. The van der Waals surface area contributed by atoms with Crippen LogP contribution < -0.4 is 10.6 Å². The van der Waals surface area contributed by atoms with E-state index in [1.807, 2.05) is 11.8 Å². The van der Waals surface area contributed by atoms with Crippen LogP contribution in [0.3, 0.4) is 0 Å². The number of methoxy groups -OCH3 is 1. The summed E-state index contributed by atoms with van der Waals surface area (Å²) < 4.78 is 4.58. The molecule has 2 atom stereocenters. The average Bonchev–Trinajstić information content (AvgIpc) is 2.87. The molecule has 0 aromatic rings. The van der Waals surface area contributed by atoms with Gasteiger partial charge in [0.15, 0.2) is 0 Å². The zero-order valence-electron chi connectivity index (χ0n) is 11.7. The molecule has 0 saturated carbocycles. The first kappa shape index (κ1) is 14.1. The van der Waals surface area contributed by atoms with Gasteiger partial charge in [0.05, 0.1) is 18.7 Å². The zero-order valence-corrected chi connectivity index (χ0v) is 11.7. The smallest absolute Gasteiger partial charge is 0.407 e. The Balaban J connectivity index is 1.89. The second kappa shape index (κ2) is 5.77. The van der Waals surface area contributed by atoms with E-state index in [1.165, 1.54) is 7.11 Å². The summed E-state index contributed by atoms with van der Waals surface area (Å²) in [4.78, 5) is 25.5. The lowest BCUT2D eigenvalue weighted by Crippen LogP contribution is -2.57. The molecule has 108 valence electrons. The fourth-order valence-electron chi connectivity index (χ4n) is 2.88. The van der Waals surface area contributed by atoms with Gasteiger partial charge in [0, 0.05) is 13.1 Å². The summed E-state index contributed by atoms with van der Waals surface area (Å²) >= 11 is 0. The number of carbonyl (C=O) groups excluding carboxylic acids is 2. The van der Waals surface area contributed by atoms with Gasteiger partial charge in [0.25, 0.3) is 0 Å². The summed E-state index contributed by atoms with van der Waals surface area (Å²) in [6.45, 7) is 4.16. The van der Waals surface area contributed by atoms with Gasteiger partial charge in [0.1, 0.15) is 0 Å². The molecule has 0 aromatic carbocycles. The normalized spacial score (nSPS) is 31.1. The van der Waals surface area contributed by atoms with Crippen LogP contribution in [0.25, 0.3) is 0 Å². The van der Waals surface area contributed by atoms with E-state index in [9.17, 15) is 9.59 Å². The van der Waals surface area contributed by atoms with E-state index in [1.54, 1.807) is 0 Å². The molecule has 19 heavy (non-hydrogen) atoms. The summed E-state index contributed by atoms with van der Waals surface area (Å²) in [7, 11) is 1.35. The molecule has 2 unspecified atom stereocenters. The number of hydrogen-bond donors (Lipinski definition) is 2. The largest absolute Gasteiger partial charge is 0.453 e. The van der Waals surface area contributed by atoms with Crippen LogP contribution >= 0.6 is 0 Å². The topological polar surface area (TPSA) is 70.7 Å². The van der Waals surface area contributed by atoms with Crippen molar-refractivity contribution in [2.75, 3.05) is 26.7 Å². The van der Waals surface area contributed by atoms with Crippen molar-refractivity contribution >= 4 is 12.0 Å². The van der Waals surface area contributed by atoms with Crippen LogP contribution in [0.15, 0.2) is 0 Å². The standard InChI is InChI=1S/C13H23N3O3/c1-13(6-3-4-7-14-13)11(17)16-8-5-10(9-16)15-12(18)19-2/h10,14H,3-9H2,1-2H3,(H,15,18). The Morgan fingerprint density at radius 2 is 2.21 bits per heavy atom. The Morgan fingerprint density at radius 3 is 2.84 bits per heavy atom. The van der Waals surface area contributed by atoms with Gasteiger partial charge in [-0.25, -0.2) is 4.79 Å². The van der Waals surface area contributed by atoms with Gasteiger partial charge in [-0.3, -0.25) is 4.79 Å². The summed E-state index contributed by atoms with van der Waals surface area (Å²) in [5.41, 5.74) is -0.432. The van der Waals surface area contributed by atoms with Crippen molar-refractivity contribution in [2.24, 2.45) is 0 Å². The number of hydrogen-bond acceptors (Lipinski definition) is 4. The number of piperidine rings is 1. The van der Waals surface area contributed by atoms with Gasteiger partial charge in [-0.2, -0.15) is 0 Å². The third-order valence-electron chi connectivity index (χ3n) is 4.07. The van der Waals surface area contributed by atoms with Crippen molar-refractivity contribution in [3.05, 3.63) is 0 Å². The molecule has 2 saturated heterocycles. The molecule has 2 heterocycles. The minimum atomic E-state index is -0.432. The highest BCUT2D eigenvalue weighted by atomic mass is 16.5. The minimum Gasteiger partial charge on any atom is -0.453 e. The minimum absolute atomic E-state index is 0.00332. The third kappa shape index (κ3) is 3.18. The lowest BCUT2D eigenvalue weighted by atomic mass is 9.89.